The van der Waals surface area contributed by atoms with Gasteiger partial charge in [-0.2, -0.15) is 0 Å². The lowest BCUT2D eigenvalue weighted by molar-refractivity contribution is -0.143. The molecule has 0 aliphatic rings. The number of hydrogen-bond donors (Lipinski definition) is 2. The number of carbonyl (C=O) groups is 2. The van der Waals surface area contributed by atoms with Crippen LogP contribution in [0.15, 0.2) is 57.7 Å². The first-order chi connectivity index (χ1) is 14.3. The van der Waals surface area contributed by atoms with Crippen molar-refractivity contribution >= 4 is 40.3 Å². The van der Waals surface area contributed by atoms with E-state index in [0.717, 1.165) is 17.3 Å². The van der Waals surface area contributed by atoms with Crippen molar-refractivity contribution in [3.63, 3.8) is 0 Å². The van der Waals surface area contributed by atoms with E-state index in [1.165, 1.54) is 18.2 Å². The topological polar surface area (TPSA) is 106 Å². The molecule has 2 aromatic carbocycles. The van der Waals surface area contributed by atoms with Crippen LogP contribution in [0.5, 0.6) is 5.75 Å². The number of ether oxygens (including phenoxy) is 1. The molecule has 0 fully saturated rings. The minimum Gasteiger partial charge on any atom is -0.508 e. The van der Waals surface area contributed by atoms with Crippen molar-refractivity contribution in [1.29, 1.82) is 0 Å². The SMILES string of the molecule is Cc1ccc(NC(=O)CS[C@H](C)C(=O)OCc2cc(=O)oc3cc(O)ccc23)cc1. The molecule has 8 heteroatoms. The molecule has 3 aromatic rings. The van der Waals surface area contributed by atoms with E-state index >= 15 is 0 Å². The van der Waals surface area contributed by atoms with Gasteiger partial charge in [-0.25, -0.2) is 4.79 Å². The summed E-state index contributed by atoms with van der Waals surface area (Å²) in [7, 11) is 0. The van der Waals surface area contributed by atoms with Crippen LogP contribution >= 0.6 is 11.8 Å². The number of rotatable bonds is 7. The fourth-order valence-electron chi connectivity index (χ4n) is 2.71. The van der Waals surface area contributed by atoms with Gasteiger partial charge in [-0.1, -0.05) is 17.7 Å². The second-order valence-corrected chi connectivity index (χ2v) is 8.08. The number of aryl methyl sites for hydroxylation is 1. The number of thioether (sulfide) groups is 1. The Balaban J connectivity index is 1.53. The van der Waals surface area contributed by atoms with Crippen LogP contribution in [0.25, 0.3) is 11.0 Å². The van der Waals surface area contributed by atoms with Crippen LogP contribution in [0.2, 0.25) is 0 Å². The zero-order valence-corrected chi connectivity index (χ0v) is 17.3. The van der Waals surface area contributed by atoms with Gasteiger partial charge < -0.3 is 19.6 Å². The van der Waals surface area contributed by atoms with E-state index in [9.17, 15) is 19.5 Å². The van der Waals surface area contributed by atoms with Crippen molar-refractivity contribution in [2.24, 2.45) is 0 Å². The molecule has 1 atom stereocenters. The molecular formula is C22H21NO6S. The lowest BCUT2D eigenvalue weighted by Gasteiger charge is -2.12. The zero-order valence-electron chi connectivity index (χ0n) is 16.5. The molecule has 30 heavy (non-hydrogen) atoms. The number of nitrogens with one attached hydrogen (secondary N) is 1. The van der Waals surface area contributed by atoms with Crippen molar-refractivity contribution in [3.8, 4) is 5.75 Å². The predicted octanol–water partition coefficient (Wildman–Crippen LogP) is 3.61. The Hall–Kier alpha value is -3.26. The normalized spacial score (nSPS) is 11.8. The highest BCUT2D eigenvalue weighted by Gasteiger charge is 2.18. The van der Waals surface area contributed by atoms with E-state index in [2.05, 4.69) is 5.32 Å². The number of carbonyl (C=O) groups excluding carboxylic acids is 2. The third kappa shape index (κ3) is 5.64. The number of esters is 1. The standard InChI is InChI=1S/C22H21NO6S/c1-13-3-5-16(6-4-13)23-20(25)12-30-14(2)22(27)28-11-15-9-21(26)29-19-10-17(24)7-8-18(15)19/h3-10,14,24H,11-12H2,1-2H3,(H,23,25)/t14-/m1/s1. The number of phenols is 1. The van der Waals surface area contributed by atoms with Gasteiger partial charge in [0.1, 0.15) is 23.2 Å². The first-order valence-electron chi connectivity index (χ1n) is 9.22. The molecule has 0 spiro atoms. The molecule has 0 saturated heterocycles. The number of anilines is 1. The molecule has 156 valence electrons. The van der Waals surface area contributed by atoms with Crippen molar-refractivity contribution in [2.45, 2.75) is 25.7 Å². The third-order valence-electron chi connectivity index (χ3n) is 4.32. The predicted molar refractivity (Wildman–Crippen MR) is 116 cm³/mol. The minimum absolute atomic E-state index is 0.0336. The highest BCUT2D eigenvalue weighted by Crippen LogP contribution is 2.23. The second kappa shape index (κ2) is 9.49. The first-order valence-corrected chi connectivity index (χ1v) is 10.3. The van der Waals surface area contributed by atoms with Gasteiger partial charge in [-0.05, 0) is 38.1 Å². The Morgan fingerprint density at radius 2 is 1.90 bits per heavy atom. The van der Waals surface area contributed by atoms with Crippen LogP contribution in [-0.4, -0.2) is 28.0 Å². The quantitative estimate of drug-likeness (QED) is 0.438. The number of aromatic hydroxyl groups is 1. The van der Waals surface area contributed by atoms with Gasteiger partial charge in [0.15, 0.2) is 0 Å². The fourth-order valence-corrected chi connectivity index (χ4v) is 3.38. The zero-order chi connectivity index (χ0) is 21.7. The molecule has 0 aliphatic carbocycles. The van der Waals surface area contributed by atoms with Gasteiger partial charge >= 0.3 is 11.6 Å². The van der Waals surface area contributed by atoms with E-state index < -0.39 is 16.8 Å². The Kier molecular flexibility index (Phi) is 6.79. The number of phenolic OH excluding ortho intramolecular Hbond substituents is 1. The van der Waals surface area contributed by atoms with Crippen LogP contribution in [0, 0.1) is 6.92 Å². The second-order valence-electron chi connectivity index (χ2n) is 6.75. The highest BCUT2D eigenvalue weighted by atomic mass is 32.2. The Labute approximate surface area is 177 Å². The van der Waals surface area contributed by atoms with Gasteiger partial charge in [-0.15, -0.1) is 11.8 Å². The van der Waals surface area contributed by atoms with Gasteiger partial charge in [-0.3, -0.25) is 9.59 Å². The molecule has 1 heterocycles. The van der Waals surface area contributed by atoms with Crippen LogP contribution in [-0.2, 0) is 20.9 Å². The minimum atomic E-state index is -0.602. The number of fused-ring (bicyclic) bond motifs is 1. The molecule has 0 radical (unpaired) electrons. The lowest BCUT2D eigenvalue weighted by atomic mass is 10.1. The van der Waals surface area contributed by atoms with Gasteiger partial charge in [0.05, 0.1) is 5.75 Å². The number of benzene rings is 2. The van der Waals surface area contributed by atoms with Crippen molar-refractivity contribution in [3.05, 3.63) is 70.1 Å². The Morgan fingerprint density at radius 3 is 2.63 bits per heavy atom. The maximum atomic E-state index is 12.3. The number of hydrogen-bond acceptors (Lipinski definition) is 7. The maximum absolute atomic E-state index is 12.3. The summed E-state index contributed by atoms with van der Waals surface area (Å²) in [4.78, 5) is 36.1. The summed E-state index contributed by atoms with van der Waals surface area (Å²) < 4.78 is 10.4. The summed E-state index contributed by atoms with van der Waals surface area (Å²) in [6.07, 6.45) is 0. The average molecular weight is 427 g/mol. The summed E-state index contributed by atoms with van der Waals surface area (Å²) >= 11 is 1.16. The summed E-state index contributed by atoms with van der Waals surface area (Å²) in [5.74, 6) is -0.645. The van der Waals surface area contributed by atoms with E-state index in [1.54, 1.807) is 13.0 Å². The number of amides is 1. The van der Waals surface area contributed by atoms with Crippen molar-refractivity contribution in [2.75, 3.05) is 11.1 Å². The van der Waals surface area contributed by atoms with Crippen LogP contribution < -0.4 is 10.9 Å². The Morgan fingerprint density at radius 1 is 1.17 bits per heavy atom. The van der Waals surface area contributed by atoms with Crippen LogP contribution in [0.3, 0.4) is 0 Å². The lowest BCUT2D eigenvalue weighted by Crippen LogP contribution is -2.21. The average Bonchev–Trinajstić information content (AvgIpc) is 2.71. The molecule has 0 saturated carbocycles. The Bertz CT molecular complexity index is 1120. The summed E-state index contributed by atoms with van der Waals surface area (Å²) in [6, 6.07) is 13.1. The molecule has 1 amide bonds. The third-order valence-corrected chi connectivity index (χ3v) is 5.44. The largest absolute Gasteiger partial charge is 0.508 e. The molecular weight excluding hydrogens is 406 g/mol. The molecule has 0 unspecified atom stereocenters. The fraction of sp³-hybridized carbons (Fsp3) is 0.227. The van der Waals surface area contributed by atoms with Crippen LogP contribution in [0.1, 0.15) is 18.1 Å². The van der Waals surface area contributed by atoms with E-state index in [4.69, 9.17) is 9.15 Å². The van der Waals surface area contributed by atoms with E-state index in [1.807, 2.05) is 31.2 Å². The first kappa shape index (κ1) is 21.4. The van der Waals surface area contributed by atoms with Crippen molar-refractivity contribution in [1.82, 2.24) is 0 Å². The molecule has 7 nitrogen and oxygen atoms in total. The molecule has 0 bridgehead atoms. The molecule has 3 rings (SSSR count). The maximum Gasteiger partial charge on any atom is 0.336 e. The summed E-state index contributed by atoms with van der Waals surface area (Å²) in [5, 5.41) is 12.3. The monoisotopic (exact) mass is 427 g/mol. The molecule has 2 N–H and O–H groups in total. The van der Waals surface area contributed by atoms with E-state index in [-0.39, 0.29) is 29.6 Å². The van der Waals surface area contributed by atoms with Gasteiger partial charge in [0.25, 0.3) is 0 Å². The molecule has 0 aliphatic heterocycles. The van der Waals surface area contributed by atoms with Gasteiger partial charge in [0.2, 0.25) is 5.91 Å². The smallest absolute Gasteiger partial charge is 0.336 e. The highest BCUT2D eigenvalue weighted by molar-refractivity contribution is 8.01. The van der Waals surface area contributed by atoms with Crippen LogP contribution in [0.4, 0.5) is 5.69 Å². The summed E-state index contributed by atoms with van der Waals surface area (Å²) in [5.41, 5.74) is 1.88. The van der Waals surface area contributed by atoms with Crippen molar-refractivity contribution < 1.29 is 23.8 Å². The van der Waals surface area contributed by atoms with E-state index in [0.29, 0.717) is 16.6 Å². The molecule has 1 aromatic heterocycles. The summed E-state index contributed by atoms with van der Waals surface area (Å²) in [6.45, 7) is 3.50. The van der Waals surface area contributed by atoms with Gasteiger partial charge in [0, 0.05) is 28.8 Å².